The molecule has 7 N–H and O–H groups in total. The van der Waals surface area contributed by atoms with Crippen molar-refractivity contribution in [1.82, 2.24) is 12.3 Å². The molecule has 0 aromatic rings. The summed E-state index contributed by atoms with van der Waals surface area (Å²) in [5, 5.41) is 14.8. The third-order valence-corrected chi connectivity index (χ3v) is 0. The van der Waals surface area contributed by atoms with E-state index in [1.54, 1.807) is 0 Å². The van der Waals surface area contributed by atoms with Crippen LogP contribution >= 0.6 is 0 Å². The van der Waals surface area contributed by atoms with Gasteiger partial charge in [0.15, 0.2) is 0 Å². The van der Waals surface area contributed by atoms with Crippen LogP contribution in [0.2, 0.25) is 0 Å². The highest BCUT2D eigenvalue weighted by Gasteiger charge is 1.45. The summed E-state index contributed by atoms with van der Waals surface area (Å²) >= 11 is 0. The number of hydrogen-bond acceptors (Lipinski definition) is 4. The highest BCUT2D eigenvalue weighted by molar-refractivity contribution is 4.03. The first-order valence-corrected chi connectivity index (χ1v) is 0.548. The lowest BCUT2D eigenvalue weighted by atomic mass is 13.1. The van der Waals surface area contributed by atoms with Crippen LogP contribution in [0.4, 0.5) is 0 Å². The first-order valence-electron chi connectivity index (χ1n) is 0.548. The average molecular weight is 97.1 g/mol. The Morgan fingerprint density at radius 2 is 1.33 bits per heavy atom. The molecule has 0 saturated heterocycles. The van der Waals surface area contributed by atoms with Crippen LogP contribution in [0, 0.1) is 15.3 Å². The predicted octanol–water partition coefficient (Wildman–Crippen LogP) is 0.299. The second-order valence-electron chi connectivity index (χ2n) is 0.224. The molecule has 40 valence electrons. The van der Waals surface area contributed by atoms with Crippen LogP contribution in [0.25, 0.3) is 0 Å². The van der Waals surface area contributed by atoms with Gasteiger partial charge in [0, 0.05) is 0 Å². The molecule has 0 radical (unpaired) electrons. The van der Waals surface area contributed by atoms with Crippen molar-refractivity contribution < 1.29 is 5.09 Å². The monoisotopic (exact) mass is 97.0 g/mol. The van der Waals surface area contributed by atoms with Crippen molar-refractivity contribution in [2.75, 3.05) is 0 Å². The highest BCUT2D eigenvalue weighted by atomic mass is 16.9. The second-order valence-corrected chi connectivity index (χ2v) is 0.224. The lowest BCUT2D eigenvalue weighted by molar-refractivity contribution is -0.402. The normalized spacial score (nSPS) is 4.00. The van der Waals surface area contributed by atoms with Gasteiger partial charge in [0.25, 0.3) is 0 Å². The van der Waals surface area contributed by atoms with Crippen molar-refractivity contribution in [3.05, 3.63) is 15.3 Å². The smallest absolute Gasteiger partial charge is 0.0689 e. The molecule has 0 aromatic carbocycles. The van der Waals surface area contributed by atoms with Gasteiger partial charge in [-0.05, 0) is 0 Å². The van der Waals surface area contributed by atoms with Crippen LogP contribution in [0.15, 0.2) is 0 Å². The molecule has 0 fully saturated rings. The molecule has 0 saturated carbocycles. The number of hydrogen-bond donors (Lipinski definition) is 2. The SMILES string of the molecule is N.O=[N+]([O-])[O-].[NH4+]. The second kappa shape index (κ2) is 8.92. The minimum atomic E-state index is -1.75. The summed E-state index contributed by atoms with van der Waals surface area (Å²) in [5.41, 5.74) is 0. The van der Waals surface area contributed by atoms with Crippen LogP contribution in [0.5, 0.6) is 0 Å². The molecule has 0 amide bonds. The van der Waals surface area contributed by atoms with E-state index >= 15 is 0 Å². The third kappa shape index (κ3) is 18.1. The summed E-state index contributed by atoms with van der Waals surface area (Å²) in [5.74, 6) is 0. The summed E-state index contributed by atoms with van der Waals surface area (Å²) in [6, 6.07) is 0. The lowest BCUT2D eigenvalue weighted by Crippen LogP contribution is -1.74. The van der Waals surface area contributed by atoms with Gasteiger partial charge >= 0.3 is 0 Å². The van der Waals surface area contributed by atoms with Crippen LogP contribution in [0.1, 0.15) is 0 Å². The minimum absolute atomic E-state index is 0. The van der Waals surface area contributed by atoms with Gasteiger partial charge in [-0.3, -0.25) is 0 Å². The van der Waals surface area contributed by atoms with Crippen LogP contribution < -0.4 is 12.3 Å². The molecule has 0 unspecified atom stereocenters. The Morgan fingerprint density at radius 3 is 1.33 bits per heavy atom. The molecule has 0 bridgehead atoms. The lowest BCUT2D eigenvalue weighted by Gasteiger charge is -1.74. The molecule has 0 rings (SSSR count). The third-order valence-electron chi connectivity index (χ3n) is 0. The van der Waals surface area contributed by atoms with Gasteiger partial charge in [0.1, 0.15) is 0 Å². The van der Waals surface area contributed by atoms with E-state index in [9.17, 15) is 0 Å². The van der Waals surface area contributed by atoms with Crippen LogP contribution in [-0.4, -0.2) is 5.09 Å². The van der Waals surface area contributed by atoms with Crippen LogP contribution in [-0.2, 0) is 0 Å². The Morgan fingerprint density at radius 1 is 1.33 bits per heavy atom. The Kier molecular flexibility index (Phi) is 28.8. The largest absolute Gasteiger partial charge is 0.369 e. The molecule has 6 nitrogen and oxygen atoms in total. The zero-order valence-corrected chi connectivity index (χ0v) is 3.38. The summed E-state index contributed by atoms with van der Waals surface area (Å²) < 4.78 is 0. The molecular weight excluding hydrogens is 90.0 g/mol. The Bertz CT molecular complexity index is 29.0. The molecule has 0 heterocycles. The molecule has 0 atom stereocenters. The van der Waals surface area contributed by atoms with Gasteiger partial charge in [-0.1, -0.05) is 0 Å². The minimum Gasteiger partial charge on any atom is -0.369 e. The number of nitrogens with zero attached hydrogens (tertiary/aromatic N) is 1. The Labute approximate surface area is 34.0 Å². The molecule has 0 aliphatic carbocycles. The van der Waals surface area contributed by atoms with E-state index in [1.165, 1.54) is 0 Å². The summed E-state index contributed by atoms with van der Waals surface area (Å²) in [7, 11) is 0. The summed E-state index contributed by atoms with van der Waals surface area (Å²) in [6.45, 7) is 0. The predicted molar refractivity (Wildman–Crippen MR) is 21.4 cm³/mol. The van der Waals surface area contributed by atoms with E-state index in [0.29, 0.717) is 0 Å². The summed E-state index contributed by atoms with van der Waals surface area (Å²) in [6.07, 6.45) is 0. The van der Waals surface area contributed by atoms with E-state index < -0.39 is 5.09 Å². The molecule has 6 heteroatoms. The van der Waals surface area contributed by atoms with Crippen molar-refractivity contribution in [2.45, 2.75) is 0 Å². The average Bonchev–Trinajstić information content (AvgIpc) is 0.811. The number of rotatable bonds is 0. The first-order chi connectivity index (χ1) is 1.73. The van der Waals surface area contributed by atoms with E-state index in [4.69, 9.17) is 15.3 Å². The van der Waals surface area contributed by atoms with Crippen molar-refractivity contribution in [3.8, 4) is 0 Å². The number of quaternary nitrogens is 1. The van der Waals surface area contributed by atoms with E-state index in [2.05, 4.69) is 0 Å². The van der Waals surface area contributed by atoms with E-state index in [0.717, 1.165) is 0 Å². The maximum absolute atomic E-state index is 8.25. The van der Waals surface area contributed by atoms with Crippen molar-refractivity contribution >= 4 is 0 Å². The Balaban J connectivity index is -0.0000000450. The quantitative estimate of drug-likeness (QED) is 0.331. The standard InChI is InChI=1S/NO3.2H3N/c2-1(3)4;;/h;2*1H3/q-1;;/p+1. The molecule has 6 heavy (non-hydrogen) atoms. The van der Waals surface area contributed by atoms with Crippen LogP contribution in [0.3, 0.4) is 0 Å². The molecule has 0 aliphatic heterocycles. The van der Waals surface area contributed by atoms with Crippen molar-refractivity contribution in [2.24, 2.45) is 0 Å². The van der Waals surface area contributed by atoms with Gasteiger partial charge in [-0.15, -0.1) is 0 Å². The fourth-order valence-corrected chi connectivity index (χ4v) is 0. The topological polar surface area (TPSA) is 138 Å². The molecule has 0 spiro atoms. The highest BCUT2D eigenvalue weighted by Crippen LogP contribution is 1.44. The zero-order valence-electron chi connectivity index (χ0n) is 3.38. The Hall–Kier alpha value is -0.880. The maximum Gasteiger partial charge on any atom is 0.0689 e. The van der Waals surface area contributed by atoms with Gasteiger partial charge in [-0.2, -0.15) is 0 Å². The van der Waals surface area contributed by atoms with E-state index in [1.807, 2.05) is 0 Å². The van der Waals surface area contributed by atoms with Crippen molar-refractivity contribution in [3.63, 3.8) is 0 Å². The van der Waals surface area contributed by atoms with Crippen molar-refractivity contribution in [1.29, 1.82) is 0 Å². The summed E-state index contributed by atoms with van der Waals surface area (Å²) in [4.78, 5) is 8.25. The van der Waals surface area contributed by atoms with Gasteiger partial charge in [-0.25, -0.2) is 0 Å². The molecule has 0 aromatic heterocycles. The zero-order chi connectivity index (χ0) is 3.58. The first kappa shape index (κ1) is 19.3. The fraction of sp³-hybridized carbons (Fsp3) is 0. The van der Waals surface area contributed by atoms with Gasteiger partial charge < -0.3 is 27.6 Å². The fourth-order valence-electron chi connectivity index (χ4n) is 0. The van der Waals surface area contributed by atoms with E-state index in [-0.39, 0.29) is 12.3 Å². The van der Waals surface area contributed by atoms with Gasteiger partial charge in [0.2, 0.25) is 0 Å². The molecule has 0 aliphatic rings. The molecular formula is H7N3O3. The van der Waals surface area contributed by atoms with Gasteiger partial charge in [0.05, 0.1) is 5.09 Å². The maximum atomic E-state index is 8.25.